The van der Waals surface area contributed by atoms with Gasteiger partial charge in [-0.05, 0) is 75.6 Å². The van der Waals surface area contributed by atoms with Crippen molar-refractivity contribution in [2.45, 2.75) is 51.7 Å². The molecular formula is C29H34N2O5. The van der Waals surface area contributed by atoms with E-state index in [4.69, 9.17) is 9.47 Å². The van der Waals surface area contributed by atoms with Crippen molar-refractivity contribution < 1.29 is 23.9 Å². The molecule has 1 aliphatic heterocycles. The van der Waals surface area contributed by atoms with E-state index in [9.17, 15) is 14.4 Å². The van der Waals surface area contributed by atoms with Crippen molar-refractivity contribution in [3.63, 3.8) is 0 Å². The second kappa shape index (κ2) is 10.3. The molecule has 1 heterocycles. The first kappa shape index (κ1) is 24.3. The van der Waals surface area contributed by atoms with Gasteiger partial charge in [-0.3, -0.25) is 14.5 Å². The number of para-hydroxylation sites is 2. The number of anilines is 2. The van der Waals surface area contributed by atoms with Gasteiger partial charge in [0.2, 0.25) is 5.91 Å². The molecule has 0 spiro atoms. The van der Waals surface area contributed by atoms with Crippen molar-refractivity contribution in [1.82, 2.24) is 5.32 Å². The molecule has 2 amide bonds. The van der Waals surface area contributed by atoms with Gasteiger partial charge < -0.3 is 14.8 Å². The van der Waals surface area contributed by atoms with E-state index in [2.05, 4.69) is 5.32 Å². The van der Waals surface area contributed by atoms with Crippen LogP contribution in [0, 0.1) is 29.6 Å². The third-order valence-electron chi connectivity index (χ3n) is 8.22. The summed E-state index contributed by atoms with van der Waals surface area (Å²) in [5, 5.41) is 2.98. The number of carbonyl (C=O) groups excluding carboxylic acids is 3. The van der Waals surface area contributed by atoms with Crippen molar-refractivity contribution >= 4 is 29.3 Å². The van der Waals surface area contributed by atoms with Gasteiger partial charge in [-0.2, -0.15) is 0 Å². The lowest BCUT2D eigenvalue weighted by Crippen LogP contribution is -2.53. The minimum absolute atomic E-state index is 0.0130. The van der Waals surface area contributed by atoms with Crippen molar-refractivity contribution in [1.29, 1.82) is 0 Å². The second-order valence-corrected chi connectivity index (χ2v) is 10.2. The molecule has 2 aromatic rings. The lowest BCUT2D eigenvalue weighted by molar-refractivity contribution is -0.144. The predicted molar refractivity (Wildman–Crippen MR) is 135 cm³/mol. The Morgan fingerprint density at radius 3 is 2.25 bits per heavy atom. The second-order valence-electron chi connectivity index (χ2n) is 10.2. The lowest BCUT2D eigenvalue weighted by Gasteiger charge is -2.48. The number of nitrogens with zero attached hydrogens (tertiary/aromatic N) is 1. The van der Waals surface area contributed by atoms with Gasteiger partial charge in [-0.25, -0.2) is 4.79 Å². The van der Waals surface area contributed by atoms with Crippen molar-refractivity contribution in [3.8, 4) is 0 Å². The number of nitrogens with one attached hydrogen (secondary N) is 1. The molecule has 1 N–H and O–H groups in total. The van der Waals surface area contributed by atoms with Gasteiger partial charge in [0.25, 0.3) is 0 Å². The Bertz CT molecular complexity index is 1050. The van der Waals surface area contributed by atoms with Crippen LogP contribution >= 0.6 is 0 Å². The average Bonchev–Trinajstić information content (AvgIpc) is 3.16. The molecular weight excluding hydrogens is 456 g/mol. The minimum atomic E-state index is -0.407. The van der Waals surface area contributed by atoms with Gasteiger partial charge >= 0.3 is 12.1 Å². The van der Waals surface area contributed by atoms with Crippen molar-refractivity contribution in [2.24, 2.45) is 29.6 Å². The van der Waals surface area contributed by atoms with E-state index in [1.807, 2.05) is 72.5 Å². The molecule has 2 aromatic carbocycles. The fourth-order valence-corrected chi connectivity index (χ4v) is 6.80. The summed E-state index contributed by atoms with van der Waals surface area (Å²) in [6, 6.07) is 19.4. The highest BCUT2D eigenvalue weighted by molar-refractivity contribution is 6.02. The van der Waals surface area contributed by atoms with Gasteiger partial charge in [-0.15, -0.1) is 0 Å². The molecule has 2 saturated carbocycles. The molecule has 7 nitrogen and oxygen atoms in total. The highest BCUT2D eigenvalue weighted by atomic mass is 16.6. The summed E-state index contributed by atoms with van der Waals surface area (Å²) >= 11 is 0. The van der Waals surface area contributed by atoms with Crippen LogP contribution in [0.25, 0.3) is 0 Å². The SMILES string of the molecule is CCOC(=O)N[C@H]1CC[C@H]2[C@H](C1)C[C@@H]1C(=O)O[C@@H](C)[C@@H]1[C@H]2C(=O)N(c1ccccc1)c1ccccc1. The Balaban J connectivity index is 1.49. The molecule has 36 heavy (non-hydrogen) atoms. The van der Waals surface area contributed by atoms with Crippen LogP contribution in [0.1, 0.15) is 39.5 Å². The number of esters is 1. The van der Waals surface area contributed by atoms with Gasteiger partial charge in [0, 0.05) is 29.3 Å². The van der Waals surface area contributed by atoms with Gasteiger partial charge in [0.1, 0.15) is 6.10 Å². The Labute approximate surface area is 212 Å². The summed E-state index contributed by atoms with van der Waals surface area (Å²) in [5.41, 5.74) is 1.62. The first-order valence-electron chi connectivity index (χ1n) is 13.1. The number of benzene rings is 2. The maximum atomic E-state index is 14.6. The lowest BCUT2D eigenvalue weighted by atomic mass is 9.56. The van der Waals surface area contributed by atoms with E-state index in [0.29, 0.717) is 13.0 Å². The Hall–Kier alpha value is -3.35. The number of hydrogen-bond donors (Lipinski definition) is 1. The van der Waals surface area contributed by atoms with Gasteiger partial charge in [-0.1, -0.05) is 36.4 Å². The maximum absolute atomic E-state index is 14.6. The molecule has 1 saturated heterocycles. The zero-order chi connectivity index (χ0) is 25.2. The molecule has 0 unspecified atom stereocenters. The van der Waals surface area contributed by atoms with Crippen molar-refractivity contribution in [3.05, 3.63) is 60.7 Å². The van der Waals surface area contributed by atoms with Crippen LogP contribution in [0.3, 0.4) is 0 Å². The number of alkyl carbamates (subject to hydrolysis) is 1. The van der Waals surface area contributed by atoms with Crippen molar-refractivity contribution in [2.75, 3.05) is 11.5 Å². The summed E-state index contributed by atoms with van der Waals surface area (Å²) in [4.78, 5) is 41.3. The first-order chi connectivity index (χ1) is 17.5. The number of rotatable bonds is 5. The normalized spacial score (nSPS) is 30.9. The van der Waals surface area contributed by atoms with Crippen LogP contribution in [-0.4, -0.2) is 36.7 Å². The van der Waals surface area contributed by atoms with E-state index < -0.39 is 6.09 Å². The van der Waals surface area contributed by atoms with E-state index >= 15 is 0 Å². The molecule has 3 fully saturated rings. The Morgan fingerprint density at radius 2 is 1.64 bits per heavy atom. The number of ether oxygens (including phenoxy) is 2. The standard InChI is InChI=1S/C29H34N2O5/c1-3-35-29(34)30-20-14-15-23-19(16-20)17-24-25(18(2)36-28(24)33)26(23)27(32)31(21-10-6-4-7-11-21)22-12-8-5-9-13-22/h4-13,18-20,23-26H,3,14-17H2,1-2H3,(H,30,34)/t18-,19+,20-,23-,24-,25-,26-/m0/s1. The summed E-state index contributed by atoms with van der Waals surface area (Å²) in [5.74, 6) is -0.730. The molecule has 7 atom stereocenters. The molecule has 5 rings (SSSR count). The Morgan fingerprint density at radius 1 is 1.00 bits per heavy atom. The highest BCUT2D eigenvalue weighted by Gasteiger charge is 2.58. The van der Waals surface area contributed by atoms with E-state index in [1.165, 1.54) is 0 Å². The zero-order valence-electron chi connectivity index (χ0n) is 20.8. The third kappa shape index (κ3) is 4.59. The molecule has 0 aromatic heterocycles. The van der Waals surface area contributed by atoms with E-state index in [-0.39, 0.29) is 53.6 Å². The highest BCUT2D eigenvalue weighted by Crippen LogP contribution is 2.54. The summed E-state index contributed by atoms with van der Waals surface area (Å²) in [6.45, 7) is 4.03. The number of carbonyl (C=O) groups is 3. The number of cyclic esters (lactones) is 1. The predicted octanol–water partition coefficient (Wildman–Crippen LogP) is 5.08. The van der Waals surface area contributed by atoms with E-state index in [0.717, 1.165) is 30.6 Å². The fourth-order valence-electron chi connectivity index (χ4n) is 6.80. The van der Waals surface area contributed by atoms with Crippen LogP contribution in [0.2, 0.25) is 0 Å². The summed E-state index contributed by atoms with van der Waals surface area (Å²) in [7, 11) is 0. The quantitative estimate of drug-likeness (QED) is 0.591. The Kier molecular flexibility index (Phi) is 6.99. The maximum Gasteiger partial charge on any atom is 0.407 e. The van der Waals surface area contributed by atoms with E-state index in [1.54, 1.807) is 6.92 Å². The molecule has 2 aliphatic carbocycles. The van der Waals surface area contributed by atoms with Gasteiger partial charge in [0.15, 0.2) is 0 Å². The largest absolute Gasteiger partial charge is 0.462 e. The fraction of sp³-hybridized carbons (Fsp3) is 0.483. The van der Waals surface area contributed by atoms with Crippen LogP contribution in [0.5, 0.6) is 0 Å². The van der Waals surface area contributed by atoms with Crippen LogP contribution in [0.15, 0.2) is 60.7 Å². The molecule has 0 radical (unpaired) electrons. The third-order valence-corrected chi connectivity index (χ3v) is 8.22. The first-order valence-corrected chi connectivity index (χ1v) is 13.1. The van der Waals surface area contributed by atoms with Gasteiger partial charge in [0.05, 0.1) is 12.5 Å². The van der Waals surface area contributed by atoms with Crippen LogP contribution < -0.4 is 10.2 Å². The molecule has 3 aliphatic rings. The number of hydrogen-bond acceptors (Lipinski definition) is 5. The summed E-state index contributed by atoms with van der Waals surface area (Å²) < 4.78 is 10.8. The summed E-state index contributed by atoms with van der Waals surface area (Å²) in [6.07, 6.45) is 2.30. The molecule has 7 heteroatoms. The number of fused-ring (bicyclic) bond motifs is 2. The topological polar surface area (TPSA) is 84.9 Å². The zero-order valence-corrected chi connectivity index (χ0v) is 20.8. The molecule has 0 bridgehead atoms. The number of amides is 2. The average molecular weight is 491 g/mol. The van der Waals surface area contributed by atoms with Crippen LogP contribution in [-0.2, 0) is 19.1 Å². The smallest absolute Gasteiger partial charge is 0.407 e. The minimum Gasteiger partial charge on any atom is -0.462 e. The van der Waals surface area contributed by atoms with Crippen LogP contribution in [0.4, 0.5) is 16.2 Å². The molecule has 190 valence electrons. The monoisotopic (exact) mass is 490 g/mol.